The van der Waals surface area contributed by atoms with Crippen LogP contribution in [0.3, 0.4) is 0 Å². The van der Waals surface area contributed by atoms with Crippen LogP contribution >= 0.6 is 0 Å². The first-order valence-electron chi connectivity index (χ1n) is 9.04. The maximum absolute atomic E-state index is 4.64. The molecule has 1 heteroatoms. The van der Waals surface area contributed by atoms with Gasteiger partial charge >= 0.3 is 0 Å². The third-order valence-electron chi connectivity index (χ3n) is 5.52. The third kappa shape index (κ3) is 2.78. The molecule has 126 valence electrons. The Labute approximate surface area is 150 Å². The molecule has 0 atom stereocenters. The summed E-state index contributed by atoms with van der Waals surface area (Å²) in [5.74, 6) is 0. The first-order valence-corrected chi connectivity index (χ1v) is 9.04. The molecule has 0 radical (unpaired) electrons. The van der Waals surface area contributed by atoms with Crippen LogP contribution in [-0.2, 0) is 10.8 Å². The average molecular weight is 327 g/mol. The van der Waals surface area contributed by atoms with Crippen molar-refractivity contribution in [1.29, 1.82) is 0 Å². The lowest BCUT2D eigenvalue weighted by molar-refractivity contribution is 0.403. The van der Waals surface area contributed by atoms with E-state index in [-0.39, 0.29) is 10.8 Å². The normalized spacial score (nSPS) is 17.3. The third-order valence-corrected chi connectivity index (χ3v) is 5.52. The van der Waals surface area contributed by atoms with E-state index >= 15 is 0 Å². The zero-order valence-electron chi connectivity index (χ0n) is 15.5. The van der Waals surface area contributed by atoms with Gasteiger partial charge in [0.1, 0.15) is 0 Å². The molecule has 1 aliphatic carbocycles. The maximum atomic E-state index is 4.64. The molecule has 4 rings (SSSR count). The fraction of sp³-hybridized carbons (Fsp3) is 0.292. The van der Waals surface area contributed by atoms with Crippen LogP contribution in [0.4, 0.5) is 0 Å². The van der Waals surface area contributed by atoms with Crippen molar-refractivity contribution in [1.82, 2.24) is 4.98 Å². The monoisotopic (exact) mass is 327 g/mol. The number of hydrogen-bond donors (Lipinski definition) is 0. The van der Waals surface area contributed by atoms with Crippen molar-refractivity contribution in [2.45, 2.75) is 44.9 Å². The highest BCUT2D eigenvalue weighted by atomic mass is 14.7. The Balaban J connectivity index is 1.80. The topological polar surface area (TPSA) is 12.9 Å². The molecule has 1 nitrogen and oxygen atoms in total. The minimum Gasteiger partial charge on any atom is -0.256 e. The number of hydrogen-bond acceptors (Lipinski definition) is 1. The molecule has 0 spiro atoms. The molecule has 0 saturated heterocycles. The van der Waals surface area contributed by atoms with Crippen molar-refractivity contribution in [3.05, 3.63) is 78.0 Å². The van der Waals surface area contributed by atoms with Crippen molar-refractivity contribution < 1.29 is 0 Å². The molecule has 1 aliphatic rings. The van der Waals surface area contributed by atoms with Crippen LogP contribution in [0, 0.1) is 0 Å². The molecular weight excluding hydrogens is 302 g/mol. The Morgan fingerprint density at radius 3 is 2.16 bits per heavy atom. The fourth-order valence-corrected chi connectivity index (χ4v) is 4.55. The van der Waals surface area contributed by atoms with Crippen LogP contribution < -0.4 is 0 Å². The van der Waals surface area contributed by atoms with E-state index in [1.54, 1.807) is 0 Å². The number of benzene rings is 2. The van der Waals surface area contributed by atoms with Gasteiger partial charge in [-0.1, -0.05) is 70.2 Å². The van der Waals surface area contributed by atoms with Crippen molar-refractivity contribution in [3.63, 3.8) is 0 Å². The Hall–Kier alpha value is -2.41. The highest BCUT2D eigenvalue weighted by molar-refractivity contribution is 5.71. The summed E-state index contributed by atoms with van der Waals surface area (Å²) < 4.78 is 0. The minimum absolute atomic E-state index is 0.214. The molecule has 0 fully saturated rings. The lowest BCUT2D eigenvalue weighted by Crippen LogP contribution is -2.17. The van der Waals surface area contributed by atoms with Crippen LogP contribution in [0.25, 0.3) is 22.4 Å². The van der Waals surface area contributed by atoms with Gasteiger partial charge in [-0.15, -0.1) is 0 Å². The predicted molar refractivity (Wildman–Crippen MR) is 106 cm³/mol. The van der Waals surface area contributed by atoms with Crippen LogP contribution in [0.1, 0.15) is 45.2 Å². The van der Waals surface area contributed by atoms with E-state index < -0.39 is 0 Å². The van der Waals surface area contributed by atoms with Gasteiger partial charge in [-0.2, -0.15) is 0 Å². The summed E-state index contributed by atoms with van der Waals surface area (Å²) in [6.07, 6.45) is 3.11. The van der Waals surface area contributed by atoms with E-state index in [4.69, 9.17) is 0 Å². The van der Waals surface area contributed by atoms with E-state index in [0.717, 1.165) is 5.69 Å². The Morgan fingerprint density at radius 1 is 0.680 bits per heavy atom. The van der Waals surface area contributed by atoms with Crippen LogP contribution in [0.15, 0.2) is 66.9 Å². The summed E-state index contributed by atoms with van der Waals surface area (Å²) in [4.78, 5) is 4.64. The fourth-order valence-electron chi connectivity index (χ4n) is 4.55. The molecule has 25 heavy (non-hydrogen) atoms. The van der Waals surface area contributed by atoms with E-state index in [1.165, 1.54) is 34.2 Å². The van der Waals surface area contributed by atoms with Gasteiger partial charge in [-0.05, 0) is 57.7 Å². The number of fused-ring (bicyclic) bond motifs is 1. The summed E-state index contributed by atoms with van der Waals surface area (Å²) in [5, 5.41) is 0. The molecule has 0 amide bonds. The molecule has 1 heterocycles. The zero-order valence-corrected chi connectivity index (χ0v) is 15.5. The highest BCUT2D eigenvalue weighted by Gasteiger charge is 2.41. The molecular formula is C24H25N. The molecule has 0 bridgehead atoms. The van der Waals surface area contributed by atoms with E-state index in [0.29, 0.717) is 0 Å². The quantitative estimate of drug-likeness (QED) is 0.532. The Bertz CT molecular complexity index is 920. The minimum atomic E-state index is 0.214. The largest absolute Gasteiger partial charge is 0.256 e. The van der Waals surface area contributed by atoms with Crippen molar-refractivity contribution >= 4 is 0 Å². The number of nitrogens with zero attached hydrogens (tertiary/aromatic N) is 1. The van der Waals surface area contributed by atoms with E-state index in [2.05, 4.69) is 93.3 Å². The second-order valence-corrected chi connectivity index (χ2v) is 8.50. The summed E-state index contributed by atoms with van der Waals surface area (Å²) in [7, 11) is 0. The van der Waals surface area contributed by atoms with Gasteiger partial charge in [0.25, 0.3) is 0 Å². The van der Waals surface area contributed by atoms with Gasteiger partial charge in [0, 0.05) is 11.8 Å². The lowest BCUT2D eigenvalue weighted by Gasteiger charge is -2.22. The van der Waals surface area contributed by atoms with Crippen molar-refractivity contribution in [2.24, 2.45) is 0 Å². The molecule has 0 aliphatic heterocycles. The second kappa shape index (κ2) is 5.56. The Morgan fingerprint density at radius 2 is 1.40 bits per heavy atom. The van der Waals surface area contributed by atoms with Gasteiger partial charge in [0.2, 0.25) is 0 Å². The van der Waals surface area contributed by atoms with Crippen molar-refractivity contribution in [3.8, 4) is 22.4 Å². The van der Waals surface area contributed by atoms with Gasteiger partial charge in [-0.25, -0.2) is 0 Å². The van der Waals surface area contributed by atoms with Gasteiger partial charge < -0.3 is 0 Å². The smallest absolute Gasteiger partial charge is 0.0708 e. The first-order chi connectivity index (χ1) is 11.9. The Kier molecular flexibility index (Phi) is 3.57. The van der Waals surface area contributed by atoms with E-state index in [9.17, 15) is 0 Å². The lowest BCUT2D eigenvalue weighted by atomic mass is 9.82. The second-order valence-electron chi connectivity index (χ2n) is 8.50. The van der Waals surface area contributed by atoms with Crippen LogP contribution in [-0.4, -0.2) is 4.98 Å². The SMILES string of the molecule is CC1(C)CC(C)(C)c2cc(-c3cc(-c4ccccc4)ccn3)ccc21. The molecule has 0 unspecified atom stereocenters. The summed E-state index contributed by atoms with van der Waals surface area (Å²) in [6, 6.07) is 21.7. The van der Waals surface area contributed by atoms with Crippen LogP contribution in [0.2, 0.25) is 0 Å². The van der Waals surface area contributed by atoms with E-state index in [1.807, 2.05) is 6.20 Å². The molecule has 1 aromatic heterocycles. The van der Waals surface area contributed by atoms with Gasteiger partial charge in [0.05, 0.1) is 5.69 Å². The first kappa shape index (κ1) is 16.1. The number of aromatic nitrogens is 1. The van der Waals surface area contributed by atoms with Crippen LogP contribution in [0.5, 0.6) is 0 Å². The van der Waals surface area contributed by atoms with Crippen molar-refractivity contribution in [2.75, 3.05) is 0 Å². The molecule has 2 aromatic carbocycles. The number of pyridine rings is 1. The molecule has 3 aromatic rings. The average Bonchev–Trinajstić information content (AvgIpc) is 2.80. The molecule has 0 N–H and O–H groups in total. The molecule has 0 saturated carbocycles. The summed E-state index contributed by atoms with van der Waals surface area (Å²) in [6.45, 7) is 9.43. The highest BCUT2D eigenvalue weighted by Crippen LogP contribution is 2.50. The number of rotatable bonds is 2. The summed E-state index contributed by atoms with van der Waals surface area (Å²) >= 11 is 0. The zero-order chi connectivity index (χ0) is 17.7. The van der Waals surface area contributed by atoms with Gasteiger partial charge in [0.15, 0.2) is 0 Å². The van der Waals surface area contributed by atoms with Gasteiger partial charge in [-0.3, -0.25) is 4.98 Å². The summed E-state index contributed by atoms with van der Waals surface area (Å²) in [5.41, 5.74) is 8.12. The standard InChI is InChI=1S/C24H25N/c1-23(2)16-24(3,4)21-14-19(10-11-20(21)23)22-15-18(12-13-25-22)17-8-6-5-7-9-17/h5-15H,16H2,1-4H3. The predicted octanol–water partition coefficient (Wildman–Crippen LogP) is 6.37. The maximum Gasteiger partial charge on any atom is 0.0708 e.